The van der Waals surface area contributed by atoms with Crippen LogP contribution >= 0.6 is 0 Å². The van der Waals surface area contributed by atoms with Crippen LogP contribution in [-0.4, -0.2) is 22.9 Å². The molecular weight excluding hydrogens is 234 g/mol. The molecule has 0 amide bonds. The van der Waals surface area contributed by atoms with Crippen LogP contribution in [0.5, 0.6) is 0 Å². The maximum Gasteiger partial charge on any atom is 0.0624 e. The van der Waals surface area contributed by atoms with Gasteiger partial charge in [-0.3, -0.25) is 4.68 Å². The molecule has 0 fully saturated rings. The van der Waals surface area contributed by atoms with Crippen molar-refractivity contribution in [1.29, 1.82) is 0 Å². The number of aryl methyl sites for hydroxylation is 1. The lowest BCUT2D eigenvalue weighted by molar-refractivity contribution is 0.391. The molecule has 0 aliphatic heterocycles. The van der Waals surface area contributed by atoms with Crippen molar-refractivity contribution in [2.45, 2.75) is 71.9 Å². The summed E-state index contributed by atoms with van der Waals surface area (Å²) in [5.74, 6) is 0.701. The normalized spacial score (nSPS) is 13.4. The molecule has 0 aromatic carbocycles. The molecule has 1 N–H and O–H groups in total. The topological polar surface area (TPSA) is 29.9 Å². The zero-order chi connectivity index (χ0) is 14.3. The van der Waals surface area contributed by atoms with Gasteiger partial charge in [-0.15, -0.1) is 0 Å². The Labute approximate surface area is 118 Å². The van der Waals surface area contributed by atoms with E-state index < -0.39 is 0 Å². The molecule has 0 saturated carbocycles. The highest BCUT2D eigenvalue weighted by Crippen LogP contribution is 2.16. The highest BCUT2D eigenvalue weighted by molar-refractivity contribution is 5.00. The summed E-state index contributed by atoms with van der Waals surface area (Å²) in [6.45, 7) is 9.03. The second kappa shape index (κ2) is 8.36. The third-order valence-corrected chi connectivity index (χ3v) is 4.10. The maximum atomic E-state index is 4.72. The van der Waals surface area contributed by atoms with Crippen LogP contribution in [0.2, 0.25) is 0 Å². The van der Waals surface area contributed by atoms with Crippen molar-refractivity contribution in [3.05, 3.63) is 18.0 Å². The summed E-state index contributed by atoms with van der Waals surface area (Å²) in [5, 5.41) is 8.12. The van der Waals surface area contributed by atoms with E-state index in [0.717, 1.165) is 19.3 Å². The number of nitrogens with one attached hydrogen (secondary N) is 1. The van der Waals surface area contributed by atoms with Gasteiger partial charge >= 0.3 is 0 Å². The molecule has 0 saturated heterocycles. The number of rotatable bonds is 9. The first-order valence-electron chi connectivity index (χ1n) is 7.83. The Morgan fingerprint density at radius 3 is 2.47 bits per heavy atom. The van der Waals surface area contributed by atoms with Crippen LogP contribution in [0.1, 0.15) is 65.1 Å². The van der Waals surface area contributed by atoms with Crippen molar-refractivity contribution in [2.24, 2.45) is 5.92 Å². The van der Waals surface area contributed by atoms with E-state index in [9.17, 15) is 0 Å². The minimum atomic E-state index is 0.564. The Morgan fingerprint density at radius 1 is 1.26 bits per heavy atom. The first kappa shape index (κ1) is 16.2. The Morgan fingerprint density at radius 2 is 1.95 bits per heavy atom. The van der Waals surface area contributed by atoms with Crippen molar-refractivity contribution >= 4 is 0 Å². The van der Waals surface area contributed by atoms with Gasteiger partial charge in [0.15, 0.2) is 0 Å². The molecule has 1 aromatic heterocycles. The summed E-state index contributed by atoms with van der Waals surface area (Å²) in [7, 11) is 2.06. The van der Waals surface area contributed by atoms with Crippen molar-refractivity contribution in [3.8, 4) is 0 Å². The molecule has 0 aliphatic rings. The van der Waals surface area contributed by atoms with Gasteiger partial charge in [0.2, 0.25) is 0 Å². The van der Waals surface area contributed by atoms with E-state index in [4.69, 9.17) is 5.10 Å². The monoisotopic (exact) mass is 265 g/mol. The van der Waals surface area contributed by atoms with E-state index in [1.54, 1.807) is 0 Å². The van der Waals surface area contributed by atoms with Gasteiger partial charge in [0, 0.05) is 12.2 Å². The van der Waals surface area contributed by atoms with Gasteiger partial charge in [-0.2, -0.15) is 5.10 Å². The van der Waals surface area contributed by atoms with Crippen molar-refractivity contribution in [3.63, 3.8) is 0 Å². The smallest absolute Gasteiger partial charge is 0.0624 e. The van der Waals surface area contributed by atoms with Gasteiger partial charge in [-0.25, -0.2) is 0 Å². The third kappa shape index (κ3) is 4.98. The summed E-state index contributed by atoms with van der Waals surface area (Å²) in [6, 6.07) is 3.37. The molecular formula is C16H31N3. The maximum absolute atomic E-state index is 4.72. The molecule has 19 heavy (non-hydrogen) atoms. The van der Waals surface area contributed by atoms with E-state index in [1.807, 2.05) is 0 Å². The SMILES string of the molecule is CCC(CC)n1ccc(CCCC(NC)C(C)C)n1. The van der Waals surface area contributed by atoms with Crippen LogP contribution in [0.3, 0.4) is 0 Å². The van der Waals surface area contributed by atoms with E-state index >= 15 is 0 Å². The molecule has 1 rings (SSSR count). The zero-order valence-electron chi connectivity index (χ0n) is 13.3. The van der Waals surface area contributed by atoms with Crippen molar-refractivity contribution in [2.75, 3.05) is 7.05 Å². The Kier molecular flexibility index (Phi) is 7.14. The minimum absolute atomic E-state index is 0.564. The van der Waals surface area contributed by atoms with E-state index in [-0.39, 0.29) is 0 Å². The third-order valence-electron chi connectivity index (χ3n) is 4.10. The first-order chi connectivity index (χ1) is 9.12. The molecule has 1 atom stereocenters. The van der Waals surface area contributed by atoms with Gasteiger partial charge in [0.25, 0.3) is 0 Å². The summed E-state index contributed by atoms with van der Waals surface area (Å²) in [5.41, 5.74) is 1.24. The van der Waals surface area contributed by atoms with Gasteiger partial charge in [0.1, 0.15) is 0 Å². The summed E-state index contributed by atoms with van der Waals surface area (Å²) >= 11 is 0. The van der Waals surface area contributed by atoms with Crippen molar-refractivity contribution in [1.82, 2.24) is 15.1 Å². The second-order valence-electron chi connectivity index (χ2n) is 5.79. The van der Waals surface area contributed by atoms with Crippen LogP contribution in [0.4, 0.5) is 0 Å². The molecule has 3 nitrogen and oxygen atoms in total. The average molecular weight is 265 g/mol. The fourth-order valence-electron chi connectivity index (χ4n) is 2.69. The van der Waals surface area contributed by atoms with Gasteiger partial charge in [0.05, 0.1) is 11.7 Å². The van der Waals surface area contributed by atoms with Crippen LogP contribution < -0.4 is 5.32 Å². The van der Waals surface area contributed by atoms with Gasteiger partial charge in [-0.05, 0) is 51.1 Å². The van der Waals surface area contributed by atoms with Crippen LogP contribution in [0.25, 0.3) is 0 Å². The Balaban J connectivity index is 2.42. The molecule has 1 aromatic rings. The lowest BCUT2D eigenvalue weighted by atomic mass is 9.98. The van der Waals surface area contributed by atoms with E-state index in [2.05, 4.69) is 57.0 Å². The number of nitrogens with zero attached hydrogens (tertiary/aromatic N) is 2. The number of aromatic nitrogens is 2. The second-order valence-corrected chi connectivity index (χ2v) is 5.79. The fourth-order valence-corrected chi connectivity index (χ4v) is 2.69. The van der Waals surface area contributed by atoms with Crippen LogP contribution in [-0.2, 0) is 6.42 Å². The van der Waals surface area contributed by atoms with E-state index in [1.165, 1.54) is 18.5 Å². The molecule has 0 spiro atoms. The molecule has 110 valence electrons. The average Bonchev–Trinajstić information content (AvgIpc) is 2.84. The van der Waals surface area contributed by atoms with Crippen molar-refractivity contribution < 1.29 is 0 Å². The number of hydrogen-bond acceptors (Lipinski definition) is 2. The largest absolute Gasteiger partial charge is 0.317 e. The van der Waals surface area contributed by atoms with Crippen LogP contribution in [0.15, 0.2) is 12.3 Å². The quantitative estimate of drug-likeness (QED) is 0.736. The summed E-state index contributed by atoms with van der Waals surface area (Å²) in [6.07, 6.45) is 8.00. The molecule has 1 unspecified atom stereocenters. The molecule has 1 heterocycles. The molecule has 0 aliphatic carbocycles. The molecule has 3 heteroatoms. The fraction of sp³-hybridized carbons (Fsp3) is 0.812. The highest BCUT2D eigenvalue weighted by atomic mass is 15.3. The first-order valence-corrected chi connectivity index (χ1v) is 7.83. The standard InChI is InChI=1S/C16H31N3/c1-6-15(7-2)19-12-11-14(18-19)9-8-10-16(17-5)13(3)4/h11-13,15-17H,6-10H2,1-5H3. The zero-order valence-corrected chi connectivity index (χ0v) is 13.3. The Bertz CT molecular complexity index is 340. The van der Waals surface area contributed by atoms with Gasteiger partial charge in [-0.1, -0.05) is 27.7 Å². The minimum Gasteiger partial charge on any atom is -0.317 e. The highest BCUT2D eigenvalue weighted by Gasteiger charge is 2.11. The number of hydrogen-bond donors (Lipinski definition) is 1. The molecule has 0 bridgehead atoms. The predicted molar refractivity (Wildman–Crippen MR) is 82.5 cm³/mol. The Hall–Kier alpha value is -0.830. The summed E-state index contributed by atoms with van der Waals surface area (Å²) in [4.78, 5) is 0. The van der Waals surface area contributed by atoms with Crippen LogP contribution in [0, 0.1) is 5.92 Å². The van der Waals surface area contributed by atoms with Gasteiger partial charge < -0.3 is 5.32 Å². The predicted octanol–water partition coefficient (Wildman–Crippen LogP) is 3.81. The molecule has 0 radical (unpaired) electrons. The van der Waals surface area contributed by atoms with E-state index in [0.29, 0.717) is 18.0 Å². The summed E-state index contributed by atoms with van der Waals surface area (Å²) < 4.78 is 2.15. The lowest BCUT2D eigenvalue weighted by Crippen LogP contribution is -2.30. The lowest BCUT2D eigenvalue weighted by Gasteiger charge is -2.19.